The molecule has 2 atom stereocenters. The van der Waals surface area contributed by atoms with Crippen LogP contribution in [-0.4, -0.2) is 64.9 Å². The highest BCUT2D eigenvalue weighted by molar-refractivity contribution is 7.99. The molecule has 5 N–H and O–H groups in total. The van der Waals surface area contributed by atoms with E-state index in [2.05, 4.69) is 32.1 Å². The van der Waals surface area contributed by atoms with Crippen molar-refractivity contribution in [2.24, 2.45) is 16.9 Å². The van der Waals surface area contributed by atoms with Crippen LogP contribution in [0.1, 0.15) is 19.8 Å². The number of piperidine rings is 1. The smallest absolute Gasteiger partial charge is 0.179 e. The van der Waals surface area contributed by atoms with Gasteiger partial charge in [0.1, 0.15) is 22.2 Å². The van der Waals surface area contributed by atoms with Crippen LogP contribution in [0.2, 0.25) is 5.02 Å². The van der Waals surface area contributed by atoms with Gasteiger partial charge in [0.05, 0.1) is 23.9 Å². The SMILES string of the molecule is C[C@@H]1OCC2(CCN(c3cnc4nc(Sc5ccnc(NCCN)c5Cl)ccc4n3)CC2)[C@@H]1N. The molecule has 3 aromatic rings. The van der Waals surface area contributed by atoms with E-state index in [4.69, 9.17) is 32.8 Å². The lowest BCUT2D eigenvalue weighted by molar-refractivity contribution is 0.0974. The molecule has 5 heterocycles. The number of hydrogen-bond donors (Lipinski definition) is 3. The fourth-order valence-corrected chi connectivity index (χ4v) is 5.77. The van der Waals surface area contributed by atoms with E-state index in [1.807, 2.05) is 24.4 Å². The van der Waals surface area contributed by atoms with Crippen LogP contribution in [0.25, 0.3) is 11.2 Å². The molecule has 0 aromatic carbocycles. The minimum Gasteiger partial charge on any atom is -0.376 e. The zero-order valence-corrected chi connectivity index (χ0v) is 20.6. The normalized spacial score (nSPS) is 21.9. The average molecular weight is 501 g/mol. The third-order valence-corrected chi connectivity index (χ3v) is 8.29. The summed E-state index contributed by atoms with van der Waals surface area (Å²) >= 11 is 7.98. The van der Waals surface area contributed by atoms with Gasteiger partial charge in [-0.2, -0.15) is 0 Å². The molecule has 0 radical (unpaired) electrons. The standard InChI is InChI=1S/C23H29ClN8OS/c1-14-20(26)23(13-33-14)5-10-32(11-6-23)17-12-29-21-15(30-17)2-3-18(31-21)34-16-4-8-27-22(19(16)24)28-9-7-25/h2-4,8,12,14,20H,5-7,9-11,13,25-26H2,1H3,(H,27,28)/t14-,20+/m0/s1. The molecule has 2 aliphatic heterocycles. The Bertz CT molecular complexity index is 1170. The van der Waals surface area contributed by atoms with Crippen LogP contribution in [0.5, 0.6) is 0 Å². The minimum absolute atomic E-state index is 0.0851. The first-order valence-corrected chi connectivity index (χ1v) is 12.7. The minimum atomic E-state index is 0.0851. The van der Waals surface area contributed by atoms with E-state index in [0.717, 1.165) is 53.8 Å². The van der Waals surface area contributed by atoms with E-state index in [-0.39, 0.29) is 17.6 Å². The first kappa shape index (κ1) is 23.5. The van der Waals surface area contributed by atoms with Crippen molar-refractivity contribution in [3.8, 4) is 0 Å². The molecule has 34 heavy (non-hydrogen) atoms. The number of nitrogens with one attached hydrogen (secondary N) is 1. The summed E-state index contributed by atoms with van der Waals surface area (Å²) in [6, 6.07) is 5.86. The van der Waals surface area contributed by atoms with Gasteiger partial charge in [0.25, 0.3) is 0 Å². The summed E-state index contributed by atoms with van der Waals surface area (Å²) in [6.07, 6.45) is 5.65. The second kappa shape index (κ2) is 9.79. The molecule has 0 saturated carbocycles. The summed E-state index contributed by atoms with van der Waals surface area (Å²) < 4.78 is 5.84. The fraction of sp³-hybridized carbons (Fsp3) is 0.478. The number of nitrogens with zero attached hydrogens (tertiary/aromatic N) is 5. The van der Waals surface area contributed by atoms with Crippen molar-refractivity contribution in [2.75, 3.05) is 43.0 Å². The molecule has 2 fully saturated rings. The van der Waals surface area contributed by atoms with Gasteiger partial charge in [-0.25, -0.2) is 19.9 Å². The average Bonchev–Trinajstić information content (AvgIpc) is 3.13. The van der Waals surface area contributed by atoms with Gasteiger partial charge in [-0.1, -0.05) is 23.4 Å². The van der Waals surface area contributed by atoms with Gasteiger partial charge < -0.3 is 26.4 Å². The van der Waals surface area contributed by atoms with Gasteiger partial charge in [0.2, 0.25) is 0 Å². The van der Waals surface area contributed by atoms with Crippen LogP contribution in [0.4, 0.5) is 11.6 Å². The maximum Gasteiger partial charge on any atom is 0.179 e. The highest BCUT2D eigenvalue weighted by atomic mass is 35.5. The Morgan fingerprint density at radius 2 is 2.06 bits per heavy atom. The molecule has 9 nitrogen and oxygen atoms in total. The van der Waals surface area contributed by atoms with Crippen LogP contribution >= 0.6 is 23.4 Å². The van der Waals surface area contributed by atoms with E-state index in [1.54, 1.807) is 6.20 Å². The Hall–Kier alpha value is -2.24. The fourth-order valence-electron chi connectivity index (χ4n) is 4.67. The van der Waals surface area contributed by atoms with Crippen molar-refractivity contribution in [1.82, 2.24) is 19.9 Å². The summed E-state index contributed by atoms with van der Waals surface area (Å²) in [5.41, 5.74) is 13.5. The molecule has 1 spiro atoms. The maximum absolute atomic E-state index is 6.52. The Labute approximate surface area is 208 Å². The predicted octanol–water partition coefficient (Wildman–Crippen LogP) is 2.93. The first-order chi connectivity index (χ1) is 16.5. The summed E-state index contributed by atoms with van der Waals surface area (Å²) in [5, 5.41) is 4.47. The van der Waals surface area contributed by atoms with E-state index < -0.39 is 0 Å². The van der Waals surface area contributed by atoms with E-state index in [9.17, 15) is 0 Å². The van der Waals surface area contributed by atoms with Crippen molar-refractivity contribution in [3.63, 3.8) is 0 Å². The second-order valence-electron chi connectivity index (χ2n) is 8.90. The molecule has 0 aliphatic carbocycles. The first-order valence-electron chi connectivity index (χ1n) is 11.5. The Balaban J connectivity index is 1.29. The predicted molar refractivity (Wildman–Crippen MR) is 136 cm³/mol. The molecular formula is C23H29ClN8OS. The molecular weight excluding hydrogens is 472 g/mol. The molecule has 0 amide bonds. The molecule has 180 valence electrons. The molecule has 2 saturated heterocycles. The summed E-state index contributed by atoms with van der Waals surface area (Å²) in [6.45, 7) is 5.72. The second-order valence-corrected chi connectivity index (χ2v) is 10.3. The number of ether oxygens (including phenoxy) is 1. The largest absolute Gasteiger partial charge is 0.376 e. The topological polar surface area (TPSA) is 128 Å². The lowest BCUT2D eigenvalue weighted by Gasteiger charge is -2.41. The van der Waals surface area contributed by atoms with E-state index in [1.165, 1.54) is 11.8 Å². The molecule has 5 rings (SSSR count). The Kier molecular flexibility index (Phi) is 6.76. The van der Waals surface area contributed by atoms with Gasteiger partial charge in [-0.15, -0.1) is 0 Å². The zero-order chi connectivity index (χ0) is 23.7. The number of nitrogens with two attached hydrogens (primary N) is 2. The molecule has 0 unspecified atom stereocenters. The lowest BCUT2D eigenvalue weighted by atomic mass is 9.73. The molecule has 11 heteroatoms. The Morgan fingerprint density at radius 1 is 1.24 bits per heavy atom. The van der Waals surface area contributed by atoms with Crippen LogP contribution in [0.3, 0.4) is 0 Å². The van der Waals surface area contributed by atoms with Gasteiger partial charge in [-0.05, 0) is 38.0 Å². The van der Waals surface area contributed by atoms with Gasteiger partial charge in [-0.3, -0.25) is 0 Å². The Morgan fingerprint density at radius 3 is 2.79 bits per heavy atom. The monoisotopic (exact) mass is 500 g/mol. The number of halogens is 1. The molecule has 2 aliphatic rings. The number of fused-ring (bicyclic) bond motifs is 1. The van der Waals surface area contributed by atoms with Crippen LogP contribution in [0, 0.1) is 5.41 Å². The van der Waals surface area contributed by atoms with Crippen molar-refractivity contribution in [3.05, 3.63) is 35.6 Å². The van der Waals surface area contributed by atoms with Crippen LogP contribution in [-0.2, 0) is 4.74 Å². The van der Waals surface area contributed by atoms with Crippen molar-refractivity contribution >= 4 is 46.2 Å². The number of rotatable bonds is 6. The highest BCUT2D eigenvalue weighted by Gasteiger charge is 2.47. The lowest BCUT2D eigenvalue weighted by Crippen LogP contribution is -2.50. The third-order valence-electron chi connectivity index (χ3n) is 6.80. The van der Waals surface area contributed by atoms with Crippen LogP contribution < -0.4 is 21.7 Å². The molecule has 3 aromatic heterocycles. The molecule has 0 bridgehead atoms. The number of pyridine rings is 2. The van der Waals surface area contributed by atoms with Gasteiger partial charge >= 0.3 is 0 Å². The van der Waals surface area contributed by atoms with E-state index >= 15 is 0 Å². The van der Waals surface area contributed by atoms with Crippen molar-refractivity contribution in [1.29, 1.82) is 0 Å². The number of anilines is 2. The zero-order valence-electron chi connectivity index (χ0n) is 19.1. The third kappa shape index (κ3) is 4.52. The van der Waals surface area contributed by atoms with Crippen molar-refractivity contribution < 1.29 is 4.74 Å². The summed E-state index contributed by atoms with van der Waals surface area (Å²) in [4.78, 5) is 21.5. The van der Waals surface area contributed by atoms with Gasteiger partial charge in [0, 0.05) is 48.7 Å². The number of aromatic nitrogens is 4. The van der Waals surface area contributed by atoms with Gasteiger partial charge in [0.15, 0.2) is 5.65 Å². The quantitative estimate of drug-likeness (QED) is 0.464. The summed E-state index contributed by atoms with van der Waals surface area (Å²) in [7, 11) is 0. The number of hydrogen-bond acceptors (Lipinski definition) is 10. The van der Waals surface area contributed by atoms with Crippen LogP contribution in [0.15, 0.2) is 40.5 Å². The van der Waals surface area contributed by atoms with E-state index in [0.29, 0.717) is 29.6 Å². The highest BCUT2D eigenvalue weighted by Crippen LogP contribution is 2.42. The maximum atomic E-state index is 6.52. The summed E-state index contributed by atoms with van der Waals surface area (Å²) in [5.74, 6) is 1.49. The van der Waals surface area contributed by atoms with Crippen molar-refractivity contribution in [2.45, 2.75) is 41.8 Å².